The van der Waals surface area contributed by atoms with Crippen LogP contribution in [0.1, 0.15) is 22.9 Å². The molecule has 1 atom stereocenters. The molecule has 1 saturated heterocycles. The fraction of sp³-hybridized carbons (Fsp3) is 0.316. The molecule has 1 unspecified atom stereocenters. The molecule has 0 aromatic heterocycles. The van der Waals surface area contributed by atoms with E-state index in [0.717, 1.165) is 5.56 Å². The van der Waals surface area contributed by atoms with Gasteiger partial charge in [-0.3, -0.25) is 4.79 Å². The lowest BCUT2D eigenvalue weighted by molar-refractivity contribution is -0.132. The summed E-state index contributed by atoms with van der Waals surface area (Å²) in [6.45, 7) is 0.366. The predicted octanol–water partition coefficient (Wildman–Crippen LogP) is 3.73. The summed E-state index contributed by atoms with van der Waals surface area (Å²) in [6, 6.07) is 10.3. The predicted molar refractivity (Wildman–Crippen MR) is 95.9 cm³/mol. The van der Waals surface area contributed by atoms with E-state index in [-0.39, 0.29) is 30.4 Å². The van der Waals surface area contributed by atoms with Crippen molar-refractivity contribution in [1.29, 1.82) is 0 Å². The molecule has 1 amide bonds. The van der Waals surface area contributed by atoms with E-state index in [1.165, 1.54) is 6.07 Å². The molecule has 0 N–H and O–H groups in total. The molecule has 1 fully saturated rings. The molecule has 0 bridgehead atoms. The fourth-order valence-electron chi connectivity index (χ4n) is 3.17. The third-order valence-electron chi connectivity index (χ3n) is 4.46. The largest absolute Gasteiger partial charge is 0.493 e. The van der Waals surface area contributed by atoms with Crippen molar-refractivity contribution < 1.29 is 23.4 Å². The number of fused-ring (bicyclic) bond motifs is 1. The number of amides is 1. The van der Waals surface area contributed by atoms with E-state index >= 15 is 0 Å². The molecule has 0 saturated carbocycles. The second kappa shape index (κ2) is 7.07. The molecule has 2 aliphatic rings. The van der Waals surface area contributed by atoms with Crippen molar-refractivity contribution in [1.82, 2.24) is 4.90 Å². The number of hydrogen-bond acceptors (Lipinski definition) is 5. The van der Waals surface area contributed by atoms with Crippen molar-refractivity contribution in [2.24, 2.45) is 0 Å². The molecule has 0 spiro atoms. The quantitative estimate of drug-likeness (QED) is 0.815. The highest BCUT2D eigenvalue weighted by atomic mass is 32.2. The summed E-state index contributed by atoms with van der Waals surface area (Å²) in [5.74, 6) is 2.16. The topological polar surface area (TPSA) is 48.0 Å². The van der Waals surface area contributed by atoms with Crippen LogP contribution in [0.15, 0.2) is 36.4 Å². The van der Waals surface area contributed by atoms with E-state index in [1.54, 1.807) is 42.0 Å². The van der Waals surface area contributed by atoms with Crippen LogP contribution in [0.4, 0.5) is 4.39 Å². The van der Waals surface area contributed by atoms with Crippen LogP contribution in [0.3, 0.4) is 0 Å². The lowest BCUT2D eigenvalue weighted by Crippen LogP contribution is -2.37. The summed E-state index contributed by atoms with van der Waals surface area (Å²) >= 11 is 1.65. The maximum absolute atomic E-state index is 14.1. The number of carbonyl (C=O) groups excluding carboxylic acids is 1. The minimum atomic E-state index is -0.308. The van der Waals surface area contributed by atoms with Gasteiger partial charge < -0.3 is 19.1 Å². The Morgan fingerprint density at radius 2 is 2.15 bits per heavy atom. The normalized spacial score (nSPS) is 18.9. The Bertz CT molecular complexity index is 844. The second-order valence-corrected chi connectivity index (χ2v) is 7.23. The summed E-state index contributed by atoms with van der Waals surface area (Å²) < 4.78 is 30.4. The van der Waals surface area contributed by atoms with Crippen molar-refractivity contribution in [3.05, 3.63) is 53.3 Å². The molecule has 5 nitrogen and oxygen atoms in total. The van der Waals surface area contributed by atoms with Crippen LogP contribution in [0.5, 0.6) is 17.2 Å². The van der Waals surface area contributed by atoms with Crippen molar-refractivity contribution >= 4 is 17.7 Å². The van der Waals surface area contributed by atoms with Gasteiger partial charge in [0.25, 0.3) is 0 Å². The Morgan fingerprint density at radius 3 is 2.96 bits per heavy atom. The van der Waals surface area contributed by atoms with E-state index in [4.69, 9.17) is 14.2 Å². The van der Waals surface area contributed by atoms with Crippen LogP contribution in [0.2, 0.25) is 0 Å². The zero-order chi connectivity index (χ0) is 18.1. The van der Waals surface area contributed by atoms with Gasteiger partial charge in [-0.15, -0.1) is 11.8 Å². The van der Waals surface area contributed by atoms with Gasteiger partial charge in [-0.25, -0.2) is 4.39 Å². The first-order valence-corrected chi connectivity index (χ1v) is 9.34. The molecular formula is C19H18FNO4S. The van der Waals surface area contributed by atoms with Crippen LogP contribution in [0.25, 0.3) is 0 Å². The summed E-state index contributed by atoms with van der Waals surface area (Å²) in [6.07, 6.45) is 0.442. The standard InChI is InChI=1S/C19H18FNO4S/c1-23-15-8-13(9-16-18(15)25-11-24-16)19-21(17(22)6-7-26-19)10-12-4-2-3-5-14(12)20/h2-5,8-9,19H,6-7,10-11H2,1H3. The monoisotopic (exact) mass is 375 g/mol. The van der Waals surface area contributed by atoms with E-state index in [0.29, 0.717) is 35.0 Å². The highest BCUT2D eigenvalue weighted by molar-refractivity contribution is 7.99. The smallest absolute Gasteiger partial charge is 0.231 e. The average Bonchev–Trinajstić information content (AvgIpc) is 3.13. The van der Waals surface area contributed by atoms with Crippen LogP contribution in [-0.4, -0.2) is 30.5 Å². The maximum Gasteiger partial charge on any atom is 0.231 e. The Hall–Kier alpha value is -2.41. The number of carbonyl (C=O) groups is 1. The minimum absolute atomic E-state index is 0.00800. The third-order valence-corrected chi connectivity index (χ3v) is 5.74. The van der Waals surface area contributed by atoms with Crippen LogP contribution >= 0.6 is 11.8 Å². The zero-order valence-electron chi connectivity index (χ0n) is 14.2. The Kier molecular flexibility index (Phi) is 4.63. The molecule has 26 heavy (non-hydrogen) atoms. The summed E-state index contributed by atoms with van der Waals surface area (Å²) in [5, 5.41) is -0.237. The van der Waals surface area contributed by atoms with Crippen molar-refractivity contribution in [3.63, 3.8) is 0 Å². The zero-order valence-corrected chi connectivity index (χ0v) is 15.1. The van der Waals surface area contributed by atoms with Crippen LogP contribution in [0, 0.1) is 5.82 Å². The Balaban J connectivity index is 1.69. The molecule has 7 heteroatoms. The first-order chi connectivity index (χ1) is 12.7. The molecule has 2 aromatic rings. The number of halogens is 1. The summed E-state index contributed by atoms with van der Waals surface area (Å²) in [4.78, 5) is 14.3. The highest BCUT2D eigenvalue weighted by Gasteiger charge is 2.32. The molecule has 4 rings (SSSR count). The molecular weight excluding hydrogens is 357 g/mol. The van der Waals surface area contributed by atoms with Gasteiger partial charge in [-0.05, 0) is 23.8 Å². The highest BCUT2D eigenvalue weighted by Crippen LogP contribution is 2.47. The van der Waals surface area contributed by atoms with Gasteiger partial charge in [0.05, 0.1) is 7.11 Å². The van der Waals surface area contributed by atoms with Gasteiger partial charge in [0.2, 0.25) is 18.4 Å². The van der Waals surface area contributed by atoms with Crippen molar-refractivity contribution in [2.45, 2.75) is 18.3 Å². The van der Waals surface area contributed by atoms with Crippen molar-refractivity contribution in [2.75, 3.05) is 19.7 Å². The molecule has 0 aliphatic carbocycles. The van der Waals surface area contributed by atoms with Crippen LogP contribution in [-0.2, 0) is 11.3 Å². The average molecular weight is 375 g/mol. The van der Waals surface area contributed by atoms with Crippen LogP contribution < -0.4 is 14.2 Å². The minimum Gasteiger partial charge on any atom is -0.493 e. The number of ether oxygens (including phenoxy) is 3. The molecule has 2 heterocycles. The number of rotatable bonds is 4. The van der Waals surface area contributed by atoms with E-state index in [9.17, 15) is 9.18 Å². The summed E-state index contributed by atoms with van der Waals surface area (Å²) in [7, 11) is 1.57. The van der Waals surface area contributed by atoms with Gasteiger partial charge in [0.1, 0.15) is 11.2 Å². The maximum atomic E-state index is 14.1. The van der Waals surface area contributed by atoms with Gasteiger partial charge in [0, 0.05) is 24.3 Å². The van der Waals surface area contributed by atoms with E-state index in [1.807, 2.05) is 12.1 Å². The molecule has 0 radical (unpaired) electrons. The SMILES string of the molecule is COc1cc(C2SCCC(=O)N2Cc2ccccc2F)cc2c1OCO2. The molecule has 2 aromatic carbocycles. The lowest BCUT2D eigenvalue weighted by Gasteiger charge is -2.35. The van der Waals surface area contributed by atoms with Crippen molar-refractivity contribution in [3.8, 4) is 17.2 Å². The van der Waals surface area contributed by atoms with Gasteiger partial charge in [-0.2, -0.15) is 0 Å². The second-order valence-electron chi connectivity index (χ2n) is 6.04. The first-order valence-electron chi connectivity index (χ1n) is 8.29. The number of methoxy groups -OCH3 is 1. The number of hydrogen-bond donors (Lipinski definition) is 0. The lowest BCUT2D eigenvalue weighted by atomic mass is 10.1. The number of nitrogens with zero attached hydrogens (tertiary/aromatic N) is 1. The van der Waals surface area contributed by atoms with Gasteiger partial charge in [-0.1, -0.05) is 18.2 Å². The van der Waals surface area contributed by atoms with Gasteiger partial charge in [0.15, 0.2) is 11.5 Å². The van der Waals surface area contributed by atoms with E-state index in [2.05, 4.69) is 0 Å². The number of thioether (sulfide) groups is 1. The number of benzene rings is 2. The molecule has 136 valence electrons. The summed E-state index contributed by atoms with van der Waals surface area (Å²) in [5.41, 5.74) is 1.38. The Labute approximate surface area is 155 Å². The van der Waals surface area contributed by atoms with Gasteiger partial charge >= 0.3 is 0 Å². The first kappa shape index (κ1) is 17.0. The van der Waals surface area contributed by atoms with E-state index < -0.39 is 0 Å². The third kappa shape index (κ3) is 3.07. The molecule has 2 aliphatic heterocycles. The Morgan fingerprint density at radius 1 is 1.31 bits per heavy atom. The fourth-order valence-corrected chi connectivity index (χ4v) is 4.39.